The smallest absolute Gasteiger partial charge is 0.255 e. The largest absolute Gasteiger partial charge is 0.369 e. The van der Waals surface area contributed by atoms with Crippen LogP contribution in [-0.4, -0.2) is 33.0 Å². The summed E-state index contributed by atoms with van der Waals surface area (Å²) in [6.45, 7) is 3.62. The minimum atomic E-state index is -0.0870. The first kappa shape index (κ1) is 14.9. The lowest BCUT2D eigenvalue weighted by atomic mass is 9.76. The van der Waals surface area contributed by atoms with E-state index in [1.807, 2.05) is 13.0 Å². The van der Waals surface area contributed by atoms with Crippen LogP contribution in [0.5, 0.6) is 0 Å². The molecule has 24 heavy (non-hydrogen) atoms. The molecule has 5 N–H and O–H groups in total. The zero-order valence-electron chi connectivity index (χ0n) is 13.7. The second-order valence-electron chi connectivity index (χ2n) is 6.77. The van der Waals surface area contributed by atoms with Crippen LogP contribution in [-0.2, 0) is 11.8 Å². The highest BCUT2D eigenvalue weighted by Crippen LogP contribution is 2.44. The van der Waals surface area contributed by atoms with Gasteiger partial charge in [0.15, 0.2) is 0 Å². The molecule has 1 aliphatic heterocycles. The number of aromatic nitrogens is 4. The molecule has 1 aliphatic carbocycles. The van der Waals surface area contributed by atoms with Crippen LogP contribution >= 0.6 is 0 Å². The quantitative estimate of drug-likeness (QED) is 0.696. The Balaban J connectivity index is 1.61. The van der Waals surface area contributed by atoms with Crippen molar-refractivity contribution in [2.75, 3.05) is 29.5 Å². The molecule has 3 heterocycles. The molecule has 2 aliphatic rings. The second kappa shape index (κ2) is 5.19. The van der Waals surface area contributed by atoms with Crippen molar-refractivity contribution < 1.29 is 0 Å². The first-order valence-corrected chi connectivity index (χ1v) is 8.22. The Morgan fingerprint density at radius 3 is 2.62 bits per heavy atom. The molecule has 0 bridgehead atoms. The number of nitrogen functional groups attached to an aromatic ring is 2. The highest BCUT2D eigenvalue weighted by atomic mass is 16.1. The number of nitrogens with zero attached hydrogens (tertiary/aromatic N) is 4. The molecular weight excluding hydrogens is 306 g/mol. The number of aromatic amines is 1. The average molecular weight is 327 g/mol. The Labute approximate surface area is 139 Å². The van der Waals surface area contributed by atoms with Crippen molar-refractivity contribution in [2.45, 2.75) is 38.0 Å². The van der Waals surface area contributed by atoms with Gasteiger partial charge >= 0.3 is 0 Å². The lowest BCUT2D eigenvalue weighted by molar-refractivity contribution is 0.322. The van der Waals surface area contributed by atoms with Crippen molar-refractivity contribution in [2.24, 2.45) is 0 Å². The van der Waals surface area contributed by atoms with Crippen LogP contribution in [0.3, 0.4) is 0 Å². The van der Waals surface area contributed by atoms with Gasteiger partial charge in [0, 0.05) is 35.8 Å². The van der Waals surface area contributed by atoms with E-state index in [-0.39, 0.29) is 16.9 Å². The fraction of sp³-hybridized carbons (Fsp3) is 0.500. The minimum Gasteiger partial charge on any atom is -0.369 e. The van der Waals surface area contributed by atoms with Crippen molar-refractivity contribution in [3.05, 3.63) is 33.4 Å². The van der Waals surface area contributed by atoms with Gasteiger partial charge in [0.1, 0.15) is 5.82 Å². The Morgan fingerprint density at radius 1 is 1.17 bits per heavy atom. The first-order chi connectivity index (χ1) is 11.5. The molecule has 1 saturated heterocycles. The van der Waals surface area contributed by atoms with Gasteiger partial charge in [-0.05, 0) is 32.6 Å². The van der Waals surface area contributed by atoms with Crippen LogP contribution in [0, 0.1) is 6.92 Å². The van der Waals surface area contributed by atoms with Gasteiger partial charge in [-0.2, -0.15) is 4.98 Å². The molecule has 0 atom stereocenters. The van der Waals surface area contributed by atoms with E-state index in [0.717, 1.165) is 61.5 Å². The van der Waals surface area contributed by atoms with Crippen LogP contribution in [0.1, 0.15) is 36.2 Å². The van der Waals surface area contributed by atoms with Crippen molar-refractivity contribution in [1.82, 2.24) is 19.9 Å². The Bertz CT molecular complexity index is 832. The van der Waals surface area contributed by atoms with E-state index in [0.29, 0.717) is 5.95 Å². The molecule has 8 nitrogen and oxygen atoms in total. The number of hydrogen-bond donors (Lipinski definition) is 3. The third kappa shape index (κ3) is 2.29. The number of H-pyrrole nitrogens is 1. The number of rotatable bonds is 1. The average Bonchev–Trinajstić information content (AvgIpc) is 2.86. The lowest BCUT2D eigenvalue weighted by Gasteiger charge is -2.40. The topological polar surface area (TPSA) is 127 Å². The summed E-state index contributed by atoms with van der Waals surface area (Å²) in [5, 5.41) is 0. The highest BCUT2D eigenvalue weighted by Gasteiger charge is 2.44. The number of nitrogens with two attached hydrogens (primary N) is 2. The minimum absolute atomic E-state index is 0.0398. The maximum atomic E-state index is 12.1. The summed E-state index contributed by atoms with van der Waals surface area (Å²) in [5.41, 5.74) is 14.0. The number of anilines is 3. The van der Waals surface area contributed by atoms with Crippen LogP contribution in [0.15, 0.2) is 10.9 Å². The predicted octanol–water partition coefficient (Wildman–Crippen LogP) is 0.517. The van der Waals surface area contributed by atoms with E-state index < -0.39 is 0 Å². The van der Waals surface area contributed by atoms with E-state index >= 15 is 0 Å². The normalized spacial score (nSPS) is 18.8. The molecule has 2 aromatic heterocycles. The Hall–Kier alpha value is -2.64. The van der Waals surface area contributed by atoms with Crippen molar-refractivity contribution >= 4 is 17.7 Å². The molecule has 0 unspecified atom stereocenters. The molecule has 1 spiro atoms. The van der Waals surface area contributed by atoms with E-state index in [4.69, 9.17) is 11.5 Å². The third-order valence-corrected chi connectivity index (χ3v) is 5.29. The molecule has 4 rings (SSSR count). The van der Waals surface area contributed by atoms with Gasteiger partial charge in [-0.25, -0.2) is 9.97 Å². The molecule has 0 aromatic carbocycles. The SMILES string of the molecule is Cc1cc(N2CCC3(CCc4c3nc(N)[nH]c4=O)CC2)nc(N)n1. The van der Waals surface area contributed by atoms with Crippen molar-refractivity contribution in [1.29, 1.82) is 0 Å². The Kier molecular flexibility index (Phi) is 3.22. The molecule has 1 fully saturated rings. The fourth-order valence-electron chi connectivity index (χ4n) is 4.06. The monoisotopic (exact) mass is 327 g/mol. The molecule has 126 valence electrons. The van der Waals surface area contributed by atoms with Crippen LogP contribution in [0.25, 0.3) is 0 Å². The molecule has 0 amide bonds. The Morgan fingerprint density at radius 2 is 1.92 bits per heavy atom. The summed E-state index contributed by atoms with van der Waals surface area (Å²) in [4.78, 5) is 29.9. The number of hydrogen-bond acceptors (Lipinski definition) is 7. The fourth-order valence-corrected chi connectivity index (χ4v) is 4.06. The molecule has 8 heteroatoms. The van der Waals surface area contributed by atoms with Crippen LogP contribution in [0.2, 0.25) is 0 Å². The van der Waals surface area contributed by atoms with Gasteiger partial charge < -0.3 is 16.4 Å². The van der Waals surface area contributed by atoms with E-state index in [9.17, 15) is 4.79 Å². The van der Waals surface area contributed by atoms with Gasteiger partial charge in [0.05, 0.1) is 5.69 Å². The number of aryl methyl sites for hydroxylation is 1. The molecule has 0 saturated carbocycles. The third-order valence-electron chi connectivity index (χ3n) is 5.29. The summed E-state index contributed by atoms with van der Waals surface area (Å²) in [5.74, 6) is 1.38. The van der Waals surface area contributed by atoms with E-state index in [1.165, 1.54) is 0 Å². The molecule has 0 radical (unpaired) electrons. The predicted molar refractivity (Wildman–Crippen MR) is 91.9 cm³/mol. The molecular formula is C16H21N7O. The summed E-state index contributed by atoms with van der Waals surface area (Å²) in [6, 6.07) is 1.96. The maximum absolute atomic E-state index is 12.1. The van der Waals surface area contributed by atoms with E-state index in [1.54, 1.807) is 0 Å². The van der Waals surface area contributed by atoms with Gasteiger partial charge in [0.2, 0.25) is 11.9 Å². The maximum Gasteiger partial charge on any atom is 0.255 e. The number of piperidine rings is 1. The standard InChI is InChI=1S/C16H21N7O/c1-9-8-11(20-14(17)19-9)23-6-4-16(5-7-23)3-2-10-12(16)21-15(18)22-13(10)24/h8H,2-7H2,1H3,(H2,17,19,20)(H3,18,21,22,24). The first-order valence-electron chi connectivity index (χ1n) is 8.22. The summed E-state index contributed by atoms with van der Waals surface area (Å²) < 4.78 is 0. The highest BCUT2D eigenvalue weighted by molar-refractivity contribution is 5.45. The van der Waals surface area contributed by atoms with Gasteiger partial charge in [0.25, 0.3) is 5.56 Å². The zero-order chi connectivity index (χ0) is 16.9. The number of fused-ring (bicyclic) bond motifs is 2. The summed E-state index contributed by atoms with van der Waals surface area (Å²) in [6.07, 6.45) is 3.59. The zero-order valence-corrected chi connectivity index (χ0v) is 13.7. The van der Waals surface area contributed by atoms with Crippen molar-refractivity contribution in [3.8, 4) is 0 Å². The summed E-state index contributed by atoms with van der Waals surface area (Å²) >= 11 is 0. The van der Waals surface area contributed by atoms with Gasteiger partial charge in [-0.3, -0.25) is 9.78 Å². The number of nitrogens with one attached hydrogen (secondary N) is 1. The van der Waals surface area contributed by atoms with Crippen molar-refractivity contribution in [3.63, 3.8) is 0 Å². The summed E-state index contributed by atoms with van der Waals surface area (Å²) in [7, 11) is 0. The van der Waals surface area contributed by atoms with Gasteiger partial charge in [-0.1, -0.05) is 0 Å². The second-order valence-corrected chi connectivity index (χ2v) is 6.77. The van der Waals surface area contributed by atoms with Gasteiger partial charge in [-0.15, -0.1) is 0 Å². The van der Waals surface area contributed by atoms with Crippen LogP contribution in [0.4, 0.5) is 17.7 Å². The molecule has 2 aromatic rings. The lowest BCUT2D eigenvalue weighted by Crippen LogP contribution is -2.42. The van der Waals surface area contributed by atoms with Crippen LogP contribution < -0.4 is 21.9 Å². The van der Waals surface area contributed by atoms with E-state index in [2.05, 4.69) is 24.8 Å².